The minimum Gasteiger partial charge on any atom is -0.349 e. The van der Waals surface area contributed by atoms with Crippen LogP contribution in [0.15, 0.2) is 5.38 Å². The van der Waals surface area contributed by atoms with E-state index in [2.05, 4.69) is 17.2 Å². The van der Waals surface area contributed by atoms with E-state index < -0.39 is 6.04 Å². The lowest BCUT2D eigenvalue weighted by Gasteiger charge is -2.05. The van der Waals surface area contributed by atoms with Crippen molar-refractivity contribution in [2.75, 3.05) is 0 Å². The molecule has 0 aliphatic rings. The molecule has 16 heavy (non-hydrogen) atoms. The molecule has 1 aromatic heterocycles. The van der Waals surface area contributed by atoms with Crippen LogP contribution in [-0.2, 0) is 17.8 Å². The van der Waals surface area contributed by atoms with Crippen molar-refractivity contribution >= 4 is 42.1 Å². The van der Waals surface area contributed by atoms with E-state index in [1.165, 1.54) is 0 Å². The smallest absolute Gasteiger partial charge is 0.236 e. The van der Waals surface area contributed by atoms with E-state index in [0.29, 0.717) is 6.54 Å². The Labute approximate surface area is 112 Å². The summed E-state index contributed by atoms with van der Waals surface area (Å²) in [6.07, 6.45) is 0.936. The third-order valence-corrected chi connectivity index (χ3v) is 2.80. The Hall–Kier alpha value is -0.360. The van der Waals surface area contributed by atoms with Crippen molar-refractivity contribution < 1.29 is 4.79 Å². The van der Waals surface area contributed by atoms with Gasteiger partial charge in [0.2, 0.25) is 5.91 Å². The second-order valence-electron chi connectivity index (χ2n) is 3.09. The maximum atomic E-state index is 11.1. The van der Waals surface area contributed by atoms with E-state index in [0.717, 1.165) is 17.1 Å². The van der Waals surface area contributed by atoms with Crippen LogP contribution in [0.2, 0.25) is 0 Å². The SMILES string of the molecule is CCc1nc(CNC(=O)[C@@H](C)N)cs1.Cl.Cl. The zero-order chi connectivity index (χ0) is 10.6. The van der Waals surface area contributed by atoms with Crippen LogP contribution in [0.5, 0.6) is 0 Å². The Morgan fingerprint density at radius 2 is 2.25 bits per heavy atom. The molecular formula is C9H17Cl2N3OS. The summed E-state index contributed by atoms with van der Waals surface area (Å²) < 4.78 is 0. The molecule has 0 saturated heterocycles. The number of nitrogens with zero attached hydrogens (tertiary/aromatic N) is 1. The van der Waals surface area contributed by atoms with Gasteiger partial charge in [-0.1, -0.05) is 6.92 Å². The highest BCUT2D eigenvalue weighted by molar-refractivity contribution is 7.09. The standard InChI is InChI=1S/C9H15N3OS.2ClH/c1-3-8-12-7(5-14-8)4-11-9(13)6(2)10;;/h5-6H,3-4,10H2,1-2H3,(H,11,13);2*1H/t6-;;/m1../s1. The number of rotatable bonds is 4. The van der Waals surface area contributed by atoms with Crippen molar-refractivity contribution in [3.05, 3.63) is 16.1 Å². The van der Waals surface area contributed by atoms with Gasteiger partial charge in [0.15, 0.2) is 0 Å². The number of nitrogens with two attached hydrogens (primary N) is 1. The van der Waals surface area contributed by atoms with Gasteiger partial charge in [-0.3, -0.25) is 4.79 Å². The summed E-state index contributed by atoms with van der Waals surface area (Å²) in [5.41, 5.74) is 6.31. The molecule has 94 valence electrons. The Morgan fingerprint density at radius 3 is 2.69 bits per heavy atom. The van der Waals surface area contributed by atoms with Crippen LogP contribution in [0.25, 0.3) is 0 Å². The van der Waals surface area contributed by atoms with Crippen molar-refractivity contribution in [2.45, 2.75) is 32.9 Å². The van der Waals surface area contributed by atoms with Crippen LogP contribution < -0.4 is 11.1 Å². The van der Waals surface area contributed by atoms with Gasteiger partial charge in [0, 0.05) is 5.38 Å². The number of hydrogen-bond acceptors (Lipinski definition) is 4. The third kappa shape index (κ3) is 5.65. The number of carbonyl (C=O) groups excluding carboxylic acids is 1. The van der Waals surface area contributed by atoms with E-state index in [9.17, 15) is 4.79 Å². The summed E-state index contributed by atoms with van der Waals surface area (Å²) in [7, 11) is 0. The number of thiazole rings is 1. The summed E-state index contributed by atoms with van der Waals surface area (Å²) in [6, 6.07) is -0.459. The maximum absolute atomic E-state index is 11.1. The molecule has 0 saturated carbocycles. The first kappa shape index (κ1) is 18.0. The molecule has 7 heteroatoms. The van der Waals surface area contributed by atoms with Gasteiger partial charge in [0.25, 0.3) is 0 Å². The van der Waals surface area contributed by atoms with E-state index in [4.69, 9.17) is 5.73 Å². The van der Waals surface area contributed by atoms with Gasteiger partial charge >= 0.3 is 0 Å². The first-order chi connectivity index (χ1) is 6.63. The maximum Gasteiger partial charge on any atom is 0.236 e. The van der Waals surface area contributed by atoms with Gasteiger partial charge in [0.05, 0.1) is 23.3 Å². The Bertz CT molecular complexity index is 317. The molecule has 0 aliphatic carbocycles. The van der Waals surface area contributed by atoms with E-state index in [1.807, 2.05) is 5.38 Å². The van der Waals surface area contributed by atoms with Gasteiger partial charge in [-0.25, -0.2) is 4.98 Å². The Balaban J connectivity index is 0. The van der Waals surface area contributed by atoms with Gasteiger partial charge in [-0.05, 0) is 13.3 Å². The second kappa shape index (κ2) is 8.75. The molecule has 0 aliphatic heterocycles. The minimum absolute atomic E-state index is 0. The lowest BCUT2D eigenvalue weighted by molar-refractivity contribution is -0.122. The second-order valence-corrected chi connectivity index (χ2v) is 4.04. The van der Waals surface area contributed by atoms with Crippen LogP contribution in [-0.4, -0.2) is 16.9 Å². The molecule has 1 atom stereocenters. The topological polar surface area (TPSA) is 68.0 Å². The first-order valence-corrected chi connectivity index (χ1v) is 5.48. The Morgan fingerprint density at radius 1 is 1.62 bits per heavy atom. The molecule has 4 nitrogen and oxygen atoms in total. The number of nitrogens with one attached hydrogen (secondary N) is 1. The van der Waals surface area contributed by atoms with Crippen molar-refractivity contribution in [1.82, 2.24) is 10.3 Å². The van der Waals surface area contributed by atoms with Crippen molar-refractivity contribution in [1.29, 1.82) is 0 Å². The summed E-state index contributed by atoms with van der Waals surface area (Å²) in [5, 5.41) is 5.77. The highest BCUT2D eigenvalue weighted by atomic mass is 35.5. The molecule has 1 aromatic rings. The zero-order valence-electron chi connectivity index (χ0n) is 9.23. The molecular weight excluding hydrogens is 269 g/mol. The average molecular weight is 286 g/mol. The molecule has 0 bridgehead atoms. The first-order valence-electron chi connectivity index (χ1n) is 4.60. The van der Waals surface area contributed by atoms with E-state index in [1.54, 1.807) is 18.3 Å². The third-order valence-electron chi connectivity index (χ3n) is 1.76. The summed E-state index contributed by atoms with van der Waals surface area (Å²) >= 11 is 1.62. The molecule has 0 radical (unpaired) electrons. The van der Waals surface area contributed by atoms with Crippen LogP contribution >= 0.6 is 36.2 Å². The van der Waals surface area contributed by atoms with Crippen molar-refractivity contribution in [3.8, 4) is 0 Å². The van der Waals surface area contributed by atoms with Crippen LogP contribution in [0.4, 0.5) is 0 Å². The quantitative estimate of drug-likeness (QED) is 0.881. The Kier molecular flexibility index (Phi) is 9.86. The number of carbonyl (C=O) groups is 1. The van der Waals surface area contributed by atoms with Crippen LogP contribution in [0, 0.1) is 0 Å². The number of halogens is 2. The highest BCUT2D eigenvalue weighted by Crippen LogP contribution is 2.09. The van der Waals surface area contributed by atoms with Crippen LogP contribution in [0.1, 0.15) is 24.5 Å². The number of aryl methyl sites for hydroxylation is 1. The molecule has 1 heterocycles. The number of aromatic nitrogens is 1. The van der Waals surface area contributed by atoms with E-state index >= 15 is 0 Å². The molecule has 0 fully saturated rings. The normalized spacial score (nSPS) is 10.9. The molecule has 0 spiro atoms. The lowest BCUT2D eigenvalue weighted by atomic mass is 10.3. The minimum atomic E-state index is -0.459. The van der Waals surface area contributed by atoms with E-state index in [-0.39, 0.29) is 30.7 Å². The number of hydrogen-bond donors (Lipinski definition) is 2. The van der Waals surface area contributed by atoms with Gasteiger partial charge in [-0.2, -0.15) is 0 Å². The lowest BCUT2D eigenvalue weighted by Crippen LogP contribution is -2.37. The fourth-order valence-corrected chi connectivity index (χ4v) is 1.68. The summed E-state index contributed by atoms with van der Waals surface area (Å²) in [4.78, 5) is 15.5. The molecule has 1 rings (SSSR count). The van der Waals surface area contributed by atoms with Crippen molar-refractivity contribution in [2.24, 2.45) is 5.73 Å². The van der Waals surface area contributed by atoms with Gasteiger partial charge in [0.1, 0.15) is 0 Å². The summed E-state index contributed by atoms with van der Waals surface area (Å²) in [6.45, 7) is 4.19. The van der Waals surface area contributed by atoms with Crippen molar-refractivity contribution in [3.63, 3.8) is 0 Å². The molecule has 0 unspecified atom stereocenters. The fraction of sp³-hybridized carbons (Fsp3) is 0.556. The van der Waals surface area contributed by atoms with Gasteiger partial charge < -0.3 is 11.1 Å². The average Bonchev–Trinajstić information content (AvgIpc) is 2.61. The number of amides is 1. The monoisotopic (exact) mass is 285 g/mol. The largest absolute Gasteiger partial charge is 0.349 e. The summed E-state index contributed by atoms with van der Waals surface area (Å²) in [5.74, 6) is -0.143. The predicted molar refractivity (Wildman–Crippen MR) is 71.5 cm³/mol. The molecule has 3 N–H and O–H groups in total. The zero-order valence-corrected chi connectivity index (χ0v) is 11.7. The molecule has 1 amide bonds. The molecule has 0 aromatic carbocycles. The van der Waals surface area contributed by atoms with Crippen LogP contribution in [0.3, 0.4) is 0 Å². The fourth-order valence-electron chi connectivity index (χ4n) is 0.931. The van der Waals surface area contributed by atoms with Gasteiger partial charge in [-0.15, -0.1) is 36.2 Å². The highest BCUT2D eigenvalue weighted by Gasteiger charge is 2.07. The predicted octanol–water partition coefficient (Wildman–Crippen LogP) is 1.51.